The van der Waals surface area contributed by atoms with Gasteiger partial charge >= 0.3 is 0 Å². The van der Waals surface area contributed by atoms with Crippen LogP contribution in [0.4, 0.5) is 11.5 Å². The van der Waals surface area contributed by atoms with Gasteiger partial charge in [-0.2, -0.15) is 0 Å². The molecule has 2 aromatic carbocycles. The minimum atomic E-state index is 0.433. The third-order valence-corrected chi connectivity index (χ3v) is 3.97. The standard InChI is InChI=1S/C20H18N4O2/c21-20-19(7-4-12-22-20)24-16(14-25-23-24)13-15-8-10-18(11-9-15)26-17-5-2-1-3-6-17/h1-12,14,23H,13H2,(H2,21,22). The highest BCUT2D eigenvalue weighted by Gasteiger charge is 2.21. The topological polar surface area (TPSA) is 72.6 Å². The molecule has 0 amide bonds. The predicted molar refractivity (Wildman–Crippen MR) is 100 cm³/mol. The van der Waals surface area contributed by atoms with Crippen LogP contribution in [0.15, 0.2) is 84.9 Å². The highest BCUT2D eigenvalue weighted by atomic mass is 16.7. The van der Waals surface area contributed by atoms with Crippen molar-refractivity contribution in [3.63, 3.8) is 0 Å². The maximum Gasteiger partial charge on any atom is 0.148 e. The highest BCUT2D eigenvalue weighted by molar-refractivity contribution is 5.65. The molecule has 1 aliphatic rings. The molecule has 0 saturated carbocycles. The van der Waals surface area contributed by atoms with Gasteiger partial charge in [-0.3, -0.25) is 0 Å². The van der Waals surface area contributed by atoms with E-state index in [9.17, 15) is 0 Å². The largest absolute Gasteiger partial charge is 0.457 e. The van der Waals surface area contributed by atoms with Crippen LogP contribution >= 0.6 is 0 Å². The lowest BCUT2D eigenvalue weighted by molar-refractivity contribution is 0.159. The summed E-state index contributed by atoms with van der Waals surface area (Å²) in [5.74, 6) is 2.04. The summed E-state index contributed by atoms with van der Waals surface area (Å²) in [4.78, 5) is 9.37. The smallest absolute Gasteiger partial charge is 0.148 e. The lowest BCUT2D eigenvalue weighted by Gasteiger charge is -2.20. The van der Waals surface area contributed by atoms with Crippen LogP contribution in [0.25, 0.3) is 0 Å². The van der Waals surface area contributed by atoms with Crippen molar-refractivity contribution in [1.82, 2.24) is 10.6 Å². The van der Waals surface area contributed by atoms with E-state index in [-0.39, 0.29) is 0 Å². The van der Waals surface area contributed by atoms with E-state index in [0.717, 1.165) is 28.4 Å². The molecule has 3 aromatic rings. The van der Waals surface area contributed by atoms with Crippen LogP contribution in [-0.2, 0) is 11.3 Å². The van der Waals surface area contributed by atoms with Crippen LogP contribution in [-0.4, -0.2) is 4.98 Å². The first-order valence-electron chi connectivity index (χ1n) is 8.22. The van der Waals surface area contributed by atoms with E-state index in [4.69, 9.17) is 15.3 Å². The summed E-state index contributed by atoms with van der Waals surface area (Å²) in [5.41, 5.74) is 11.6. The Morgan fingerprint density at radius 2 is 1.73 bits per heavy atom. The number of nitrogen functional groups attached to an aromatic ring is 1. The molecule has 0 bridgehead atoms. The highest BCUT2D eigenvalue weighted by Crippen LogP contribution is 2.28. The fourth-order valence-electron chi connectivity index (χ4n) is 2.69. The number of pyridine rings is 1. The van der Waals surface area contributed by atoms with E-state index in [2.05, 4.69) is 10.6 Å². The van der Waals surface area contributed by atoms with Crippen LogP contribution in [0.1, 0.15) is 5.56 Å². The fraction of sp³-hybridized carbons (Fsp3) is 0.0500. The van der Waals surface area contributed by atoms with Gasteiger partial charge in [0.05, 0.1) is 5.70 Å². The minimum absolute atomic E-state index is 0.433. The molecule has 1 aliphatic heterocycles. The van der Waals surface area contributed by atoms with Crippen LogP contribution in [0.5, 0.6) is 11.5 Å². The number of ether oxygens (including phenoxy) is 1. The van der Waals surface area contributed by atoms with E-state index < -0.39 is 0 Å². The van der Waals surface area contributed by atoms with Crippen LogP contribution in [0, 0.1) is 0 Å². The van der Waals surface area contributed by atoms with E-state index in [1.165, 1.54) is 0 Å². The number of anilines is 2. The Kier molecular flexibility index (Phi) is 4.40. The first-order chi connectivity index (χ1) is 12.8. The number of allylic oxidation sites excluding steroid dienone is 1. The summed E-state index contributed by atoms with van der Waals surface area (Å²) in [6.07, 6.45) is 4.00. The average molecular weight is 346 g/mol. The molecular formula is C20H18N4O2. The first kappa shape index (κ1) is 16.0. The molecule has 1 aromatic heterocycles. The zero-order chi connectivity index (χ0) is 17.8. The van der Waals surface area contributed by atoms with Crippen molar-refractivity contribution in [3.8, 4) is 11.5 Å². The third kappa shape index (κ3) is 3.45. The van der Waals surface area contributed by atoms with Gasteiger partial charge in [0, 0.05) is 12.6 Å². The molecule has 4 rings (SSSR count). The van der Waals surface area contributed by atoms with E-state index in [0.29, 0.717) is 12.2 Å². The molecule has 0 radical (unpaired) electrons. The Labute approximate surface area is 151 Å². The molecule has 6 nitrogen and oxygen atoms in total. The average Bonchev–Trinajstić information content (AvgIpc) is 3.12. The summed E-state index contributed by atoms with van der Waals surface area (Å²) in [5, 5.41) is 1.79. The molecule has 3 N–H and O–H groups in total. The van der Waals surface area contributed by atoms with Crippen molar-refractivity contribution in [2.75, 3.05) is 10.7 Å². The zero-order valence-corrected chi connectivity index (χ0v) is 14.0. The van der Waals surface area contributed by atoms with Crippen molar-refractivity contribution in [3.05, 3.63) is 90.4 Å². The van der Waals surface area contributed by atoms with Crippen LogP contribution in [0.2, 0.25) is 0 Å². The Hall–Kier alpha value is -3.51. The molecule has 26 heavy (non-hydrogen) atoms. The summed E-state index contributed by atoms with van der Waals surface area (Å²) >= 11 is 0. The van der Waals surface area contributed by atoms with Crippen molar-refractivity contribution in [1.29, 1.82) is 0 Å². The van der Waals surface area contributed by atoms with Crippen LogP contribution < -0.4 is 21.1 Å². The molecular weight excluding hydrogens is 328 g/mol. The first-order valence-corrected chi connectivity index (χ1v) is 8.22. The number of benzene rings is 2. The Morgan fingerprint density at radius 1 is 0.962 bits per heavy atom. The van der Waals surface area contributed by atoms with Crippen molar-refractivity contribution < 1.29 is 9.57 Å². The van der Waals surface area contributed by atoms with Crippen molar-refractivity contribution >= 4 is 11.5 Å². The van der Waals surface area contributed by atoms with Crippen LogP contribution in [0.3, 0.4) is 0 Å². The molecule has 0 atom stereocenters. The maximum absolute atomic E-state index is 5.96. The molecule has 2 heterocycles. The second-order valence-electron chi connectivity index (χ2n) is 5.80. The molecule has 0 fully saturated rings. The van der Waals surface area contributed by atoms with Crippen molar-refractivity contribution in [2.45, 2.75) is 6.42 Å². The number of nitrogens with one attached hydrogen (secondary N) is 1. The number of nitrogens with two attached hydrogens (primary N) is 1. The number of hydrogen-bond acceptors (Lipinski definition) is 6. The molecule has 130 valence electrons. The SMILES string of the molecule is Nc1ncccc1N1NOC=C1Cc1ccc(Oc2ccccc2)cc1. The summed E-state index contributed by atoms with van der Waals surface area (Å²) < 4.78 is 5.82. The molecule has 0 spiro atoms. The summed E-state index contributed by atoms with van der Waals surface area (Å²) in [7, 11) is 0. The zero-order valence-electron chi connectivity index (χ0n) is 14.0. The Balaban J connectivity index is 1.46. The van der Waals surface area contributed by atoms with E-state index in [1.807, 2.05) is 66.7 Å². The number of nitrogens with zero attached hydrogens (tertiary/aromatic N) is 2. The molecule has 0 aliphatic carbocycles. The second-order valence-corrected chi connectivity index (χ2v) is 5.80. The molecule has 6 heteroatoms. The minimum Gasteiger partial charge on any atom is -0.457 e. The number of hydrazine groups is 1. The third-order valence-electron chi connectivity index (χ3n) is 3.97. The monoisotopic (exact) mass is 346 g/mol. The lowest BCUT2D eigenvalue weighted by atomic mass is 10.1. The van der Waals surface area contributed by atoms with Gasteiger partial charge in [0.2, 0.25) is 0 Å². The summed E-state index contributed by atoms with van der Waals surface area (Å²) in [6, 6.07) is 21.4. The summed E-state index contributed by atoms with van der Waals surface area (Å²) in [6.45, 7) is 0. The lowest BCUT2D eigenvalue weighted by Crippen LogP contribution is -2.32. The van der Waals surface area contributed by atoms with Gasteiger partial charge in [-0.1, -0.05) is 35.9 Å². The van der Waals surface area contributed by atoms with E-state index >= 15 is 0 Å². The van der Waals surface area contributed by atoms with Gasteiger partial charge in [0.1, 0.15) is 29.3 Å². The maximum atomic E-state index is 5.96. The predicted octanol–water partition coefficient (Wildman–Crippen LogP) is 3.80. The van der Waals surface area contributed by atoms with Gasteiger partial charge in [0.25, 0.3) is 0 Å². The van der Waals surface area contributed by atoms with E-state index in [1.54, 1.807) is 17.5 Å². The Morgan fingerprint density at radius 3 is 2.50 bits per heavy atom. The van der Waals surface area contributed by atoms with Gasteiger partial charge in [-0.15, -0.1) is 0 Å². The van der Waals surface area contributed by atoms with Gasteiger partial charge < -0.3 is 15.3 Å². The number of para-hydroxylation sites is 1. The Bertz CT molecular complexity index is 911. The van der Waals surface area contributed by atoms with Gasteiger partial charge in [0.15, 0.2) is 0 Å². The molecule has 0 saturated heterocycles. The second kappa shape index (κ2) is 7.16. The van der Waals surface area contributed by atoms with Crippen molar-refractivity contribution in [2.24, 2.45) is 0 Å². The molecule has 0 unspecified atom stereocenters. The fourth-order valence-corrected chi connectivity index (χ4v) is 2.69. The number of rotatable bonds is 5. The normalized spacial score (nSPS) is 13.2. The van der Waals surface area contributed by atoms with Gasteiger partial charge in [-0.25, -0.2) is 9.99 Å². The van der Waals surface area contributed by atoms with Gasteiger partial charge in [-0.05, 0) is 42.0 Å². The quantitative estimate of drug-likeness (QED) is 0.732. The number of hydrogen-bond donors (Lipinski definition) is 2. The number of aromatic nitrogens is 1.